The SMILES string of the molecule is CCCCc1nc2ccn(Cc3ccc([N+](=O)[O-])cc3)c(=O)c2n1Cc1ccc(-c2ccccc2-c2nn[nH]n2)cc1. The number of aromatic amines is 1. The summed E-state index contributed by atoms with van der Waals surface area (Å²) in [6.07, 6.45) is 4.49. The summed E-state index contributed by atoms with van der Waals surface area (Å²) >= 11 is 0. The molecule has 0 spiro atoms. The van der Waals surface area contributed by atoms with Crippen LogP contribution in [0.5, 0.6) is 0 Å². The van der Waals surface area contributed by atoms with Crippen molar-refractivity contribution in [2.75, 3.05) is 0 Å². The van der Waals surface area contributed by atoms with Crippen LogP contribution in [-0.4, -0.2) is 39.7 Å². The monoisotopic (exact) mass is 560 g/mol. The summed E-state index contributed by atoms with van der Waals surface area (Å²) in [4.78, 5) is 29.2. The van der Waals surface area contributed by atoms with Crippen LogP contribution in [0.15, 0.2) is 89.9 Å². The number of nitro groups is 1. The number of pyridine rings is 1. The minimum atomic E-state index is -0.433. The number of nitro benzene ring substituents is 1. The minimum Gasteiger partial charge on any atom is -0.319 e. The van der Waals surface area contributed by atoms with Crippen LogP contribution in [0.1, 0.15) is 36.7 Å². The number of nitrogens with zero attached hydrogens (tertiary/aromatic N) is 7. The topological polar surface area (TPSA) is 137 Å². The number of rotatable bonds is 10. The maximum absolute atomic E-state index is 13.8. The Balaban J connectivity index is 1.34. The van der Waals surface area contributed by atoms with Gasteiger partial charge < -0.3 is 9.13 Å². The molecule has 0 amide bonds. The molecule has 0 atom stereocenters. The van der Waals surface area contributed by atoms with Gasteiger partial charge in [0.25, 0.3) is 11.2 Å². The van der Waals surface area contributed by atoms with E-state index < -0.39 is 4.92 Å². The van der Waals surface area contributed by atoms with Crippen molar-refractivity contribution in [3.8, 4) is 22.5 Å². The molecule has 0 radical (unpaired) electrons. The van der Waals surface area contributed by atoms with Crippen molar-refractivity contribution in [2.24, 2.45) is 0 Å². The normalized spacial score (nSPS) is 11.3. The van der Waals surface area contributed by atoms with Gasteiger partial charge in [-0.2, -0.15) is 5.21 Å². The van der Waals surface area contributed by atoms with Gasteiger partial charge in [0.1, 0.15) is 11.3 Å². The number of hydrogen-bond donors (Lipinski definition) is 1. The Bertz CT molecular complexity index is 1910. The molecule has 1 N–H and O–H groups in total. The third-order valence-electron chi connectivity index (χ3n) is 7.32. The van der Waals surface area contributed by atoms with E-state index in [0.29, 0.717) is 29.9 Å². The van der Waals surface area contributed by atoms with E-state index in [9.17, 15) is 14.9 Å². The molecule has 11 heteroatoms. The molecule has 0 aliphatic carbocycles. The minimum absolute atomic E-state index is 0.0181. The quantitative estimate of drug-likeness (QED) is 0.175. The Morgan fingerprint density at radius 2 is 1.62 bits per heavy atom. The molecule has 0 unspecified atom stereocenters. The second-order valence-corrected chi connectivity index (χ2v) is 10.1. The second-order valence-electron chi connectivity index (χ2n) is 10.1. The van der Waals surface area contributed by atoms with Crippen molar-refractivity contribution in [2.45, 2.75) is 39.3 Å². The highest BCUT2D eigenvalue weighted by molar-refractivity contribution is 5.80. The lowest BCUT2D eigenvalue weighted by molar-refractivity contribution is -0.384. The van der Waals surface area contributed by atoms with E-state index in [0.717, 1.165) is 52.9 Å². The fourth-order valence-corrected chi connectivity index (χ4v) is 5.14. The molecule has 6 aromatic rings. The molecule has 3 aromatic heterocycles. The highest BCUT2D eigenvalue weighted by Gasteiger charge is 2.17. The second kappa shape index (κ2) is 11.6. The molecule has 0 bridgehead atoms. The van der Waals surface area contributed by atoms with Crippen LogP contribution in [0, 0.1) is 10.1 Å². The number of aryl methyl sites for hydroxylation is 1. The lowest BCUT2D eigenvalue weighted by Crippen LogP contribution is -2.22. The van der Waals surface area contributed by atoms with Crippen molar-refractivity contribution in [3.63, 3.8) is 0 Å². The van der Waals surface area contributed by atoms with E-state index >= 15 is 0 Å². The van der Waals surface area contributed by atoms with Crippen LogP contribution in [0.4, 0.5) is 5.69 Å². The highest BCUT2D eigenvalue weighted by Crippen LogP contribution is 2.30. The summed E-state index contributed by atoms with van der Waals surface area (Å²) in [5.41, 5.74) is 5.83. The largest absolute Gasteiger partial charge is 0.319 e. The van der Waals surface area contributed by atoms with Gasteiger partial charge in [-0.05, 0) is 40.0 Å². The van der Waals surface area contributed by atoms with Crippen LogP contribution in [0.25, 0.3) is 33.5 Å². The number of nitrogens with one attached hydrogen (secondary N) is 1. The van der Waals surface area contributed by atoms with Gasteiger partial charge in [-0.1, -0.05) is 74.0 Å². The van der Waals surface area contributed by atoms with Gasteiger partial charge in [0.05, 0.1) is 17.0 Å². The number of benzene rings is 3. The zero-order chi connectivity index (χ0) is 29.1. The molecule has 0 saturated carbocycles. The molecule has 3 aromatic carbocycles. The van der Waals surface area contributed by atoms with E-state index in [1.165, 1.54) is 12.1 Å². The van der Waals surface area contributed by atoms with E-state index in [2.05, 4.69) is 51.8 Å². The van der Waals surface area contributed by atoms with Gasteiger partial charge >= 0.3 is 0 Å². The summed E-state index contributed by atoms with van der Waals surface area (Å²) in [5.74, 6) is 1.41. The summed E-state index contributed by atoms with van der Waals surface area (Å²) < 4.78 is 3.66. The van der Waals surface area contributed by atoms with Gasteiger partial charge in [-0.15, -0.1) is 10.2 Å². The lowest BCUT2D eigenvalue weighted by atomic mass is 9.98. The molecule has 3 heterocycles. The van der Waals surface area contributed by atoms with Crippen LogP contribution in [0.2, 0.25) is 0 Å². The smallest absolute Gasteiger partial charge is 0.277 e. The number of H-pyrrole nitrogens is 1. The Labute approximate surface area is 240 Å². The van der Waals surface area contributed by atoms with E-state index in [4.69, 9.17) is 4.98 Å². The average Bonchev–Trinajstić information content (AvgIpc) is 3.67. The van der Waals surface area contributed by atoms with Crippen molar-refractivity contribution < 1.29 is 4.92 Å². The first-order valence-corrected chi connectivity index (χ1v) is 13.8. The van der Waals surface area contributed by atoms with Gasteiger partial charge in [0.2, 0.25) is 5.82 Å². The van der Waals surface area contributed by atoms with Crippen molar-refractivity contribution in [3.05, 3.63) is 122 Å². The summed E-state index contributed by atoms with van der Waals surface area (Å²) in [5, 5.41) is 25.5. The van der Waals surface area contributed by atoms with E-state index in [1.54, 1.807) is 22.9 Å². The number of unbranched alkanes of at least 4 members (excludes halogenated alkanes) is 1. The zero-order valence-electron chi connectivity index (χ0n) is 23.0. The van der Waals surface area contributed by atoms with Crippen molar-refractivity contribution in [1.29, 1.82) is 0 Å². The van der Waals surface area contributed by atoms with Crippen molar-refractivity contribution in [1.82, 2.24) is 34.7 Å². The summed E-state index contributed by atoms with van der Waals surface area (Å²) in [6.45, 7) is 2.94. The highest BCUT2D eigenvalue weighted by atomic mass is 16.6. The third-order valence-corrected chi connectivity index (χ3v) is 7.32. The molecular formula is C31H28N8O3. The maximum atomic E-state index is 13.8. The molecule has 210 valence electrons. The predicted octanol–water partition coefficient (Wildman–Crippen LogP) is 5.39. The average molecular weight is 561 g/mol. The van der Waals surface area contributed by atoms with Crippen LogP contribution >= 0.6 is 0 Å². The Morgan fingerprint density at radius 1 is 0.905 bits per heavy atom. The first kappa shape index (κ1) is 26.8. The molecule has 11 nitrogen and oxygen atoms in total. The van der Waals surface area contributed by atoms with Crippen LogP contribution < -0.4 is 5.56 Å². The summed E-state index contributed by atoms with van der Waals surface area (Å²) in [7, 11) is 0. The summed E-state index contributed by atoms with van der Waals surface area (Å²) in [6, 6.07) is 24.3. The fourth-order valence-electron chi connectivity index (χ4n) is 5.14. The number of hydrogen-bond acceptors (Lipinski definition) is 7. The Kier molecular flexibility index (Phi) is 7.37. The Hall–Kier alpha value is -5.45. The van der Waals surface area contributed by atoms with Gasteiger partial charge in [-0.3, -0.25) is 14.9 Å². The first-order valence-electron chi connectivity index (χ1n) is 13.8. The number of fused-ring (bicyclic) bond motifs is 1. The predicted molar refractivity (Wildman–Crippen MR) is 159 cm³/mol. The molecule has 0 aliphatic rings. The number of non-ortho nitro benzene ring substituents is 1. The standard InChI is InChI=1S/C31H28N8O3/c1-2-3-8-28-32-27-17-18-37(19-21-11-15-24(16-12-21)39(41)42)31(40)29(27)38(28)20-22-9-13-23(14-10-22)25-6-4-5-7-26(25)30-33-35-36-34-30/h4-7,9-18H,2-3,8,19-20H2,1H3,(H,33,34,35,36). The van der Waals surface area contributed by atoms with Crippen LogP contribution in [0.3, 0.4) is 0 Å². The maximum Gasteiger partial charge on any atom is 0.277 e. The van der Waals surface area contributed by atoms with Gasteiger partial charge in [0, 0.05) is 36.9 Å². The molecular weight excluding hydrogens is 532 g/mol. The fraction of sp³-hybridized carbons (Fsp3) is 0.194. The van der Waals surface area contributed by atoms with E-state index in [-0.39, 0.29) is 11.2 Å². The van der Waals surface area contributed by atoms with Gasteiger partial charge in [-0.25, -0.2) is 4.98 Å². The lowest BCUT2D eigenvalue weighted by Gasteiger charge is -2.12. The zero-order valence-corrected chi connectivity index (χ0v) is 23.0. The third kappa shape index (κ3) is 5.31. The Morgan fingerprint density at radius 3 is 2.31 bits per heavy atom. The van der Waals surface area contributed by atoms with Crippen LogP contribution in [-0.2, 0) is 19.5 Å². The van der Waals surface area contributed by atoms with Gasteiger partial charge in [0.15, 0.2) is 0 Å². The first-order chi connectivity index (χ1) is 20.5. The molecule has 0 saturated heterocycles. The van der Waals surface area contributed by atoms with Crippen molar-refractivity contribution >= 4 is 16.7 Å². The number of tetrazole rings is 1. The number of aromatic nitrogens is 7. The van der Waals surface area contributed by atoms with E-state index in [1.807, 2.05) is 34.9 Å². The molecule has 42 heavy (non-hydrogen) atoms. The molecule has 0 fully saturated rings. The molecule has 0 aliphatic heterocycles. The molecule has 6 rings (SSSR count). The number of imidazole rings is 1.